The Labute approximate surface area is 211 Å². The molecule has 6 nitrogen and oxygen atoms in total. The van der Waals surface area contributed by atoms with Crippen molar-refractivity contribution in [3.05, 3.63) is 53.6 Å². The van der Waals surface area contributed by atoms with Gasteiger partial charge in [0.1, 0.15) is 12.4 Å². The quantitative estimate of drug-likeness (QED) is 0.486. The third-order valence-corrected chi connectivity index (χ3v) is 8.56. The van der Waals surface area contributed by atoms with Crippen LogP contribution in [0.25, 0.3) is 0 Å². The molecule has 0 unspecified atom stereocenters. The first-order chi connectivity index (χ1) is 15.8. The second-order valence-corrected chi connectivity index (χ2v) is 12.1. The van der Waals surface area contributed by atoms with Crippen LogP contribution in [-0.4, -0.2) is 44.6 Å². The van der Waals surface area contributed by atoms with Crippen molar-refractivity contribution in [3.8, 4) is 5.75 Å². The Morgan fingerprint density at radius 2 is 1.86 bits per heavy atom. The summed E-state index contributed by atoms with van der Waals surface area (Å²) in [4.78, 5) is 27.9. The number of nitrogens with zero attached hydrogens (tertiary/aromatic N) is 1. The highest BCUT2D eigenvalue weighted by atomic mass is 32.2. The minimum Gasteiger partial charge on any atom is -0.488 e. The molecule has 4 rings (SSSR count). The molecule has 0 spiro atoms. The number of amides is 1. The van der Waals surface area contributed by atoms with Crippen LogP contribution in [0.5, 0.6) is 5.75 Å². The van der Waals surface area contributed by atoms with Gasteiger partial charge in [0.15, 0.2) is 15.6 Å². The van der Waals surface area contributed by atoms with Gasteiger partial charge in [-0.05, 0) is 61.6 Å². The summed E-state index contributed by atoms with van der Waals surface area (Å²) in [5.41, 5.74) is 0.669. The number of ketones is 1. The molecule has 0 aliphatic carbocycles. The Morgan fingerprint density at radius 3 is 2.49 bits per heavy atom. The average molecular weight is 526 g/mol. The number of benzene rings is 2. The Bertz CT molecular complexity index is 1260. The maximum absolute atomic E-state index is 13.4. The fourth-order valence-corrected chi connectivity index (χ4v) is 7.00. The minimum absolute atomic E-state index is 0. The van der Waals surface area contributed by atoms with Crippen LogP contribution in [-0.2, 0) is 20.0 Å². The molecule has 2 aliphatic rings. The van der Waals surface area contributed by atoms with Gasteiger partial charge in [-0.25, -0.2) is 17.2 Å². The Kier molecular flexibility index (Phi) is 7.39. The van der Waals surface area contributed by atoms with Crippen molar-refractivity contribution in [2.24, 2.45) is 5.41 Å². The fraction of sp³-hybridized carbons (Fsp3) is 0.440. The number of sulfone groups is 1. The smallest absolute Gasteiger partial charge is 0.272 e. The minimum atomic E-state index is -3.12. The maximum atomic E-state index is 13.4. The van der Waals surface area contributed by atoms with Gasteiger partial charge in [0, 0.05) is 18.1 Å². The zero-order valence-electron chi connectivity index (χ0n) is 19.8. The number of hydrogen-bond acceptors (Lipinski definition) is 5. The molecular weight excluding hydrogens is 496 g/mol. The van der Waals surface area contributed by atoms with Gasteiger partial charge in [0.05, 0.1) is 28.3 Å². The van der Waals surface area contributed by atoms with Crippen LogP contribution in [0.15, 0.2) is 42.5 Å². The first-order valence-corrected chi connectivity index (χ1v) is 12.9. The highest BCUT2D eigenvalue weighted by Crippen LogP contribution is 2.46. The van der Waals surface area contributed by atoms with Gasteiger partial charge >= 0.3 is 0 Å². The SMILES string of the molecule is CC1(C)C(=O)N(c2cccc(OCC(F)F)c2)c2ccc(C(=O)C[C@@]3(C)CCS(=O)(=O)C3)cc21.S. The molecule has 0 radical (unpaired) electrons. The molecular formula is C25H29F2NO5S2. The van der Waals surface area contributed by atoms with Crippen molar-refractivity contribution in [1.29, 1.82) is 0 Å². The van der Waals surface area contributed by atoms with Crippen molar-refractivity contribution < 1.29 is 31.5 Å². The Hall–Kier alpha value is -2.46. The standard InChI is InChI=1S/C25H27F2NO5S.H2S/c1-24(2)19-11-16(21(29)13-25(3)9-10-34(31,32)15-25)7-8-20(19)28(23(24)30)17-5-4-6-18(12-17)33-14-22(26)27;/h4-8,11-12,22H,9-10,13-15H2,1-3H3;1H2/t25-;/m1./s1. The second-order valence-electron chi connectivity index (χ2n) is 9.95. The summed E-state index contributed by atoms with van der Waals surface area (Å²) in [6.07, 6.45) is -2.04. The van der Waals surface area contributed by atoms with Crippen LogP contribution >= 0.6 is 13.5 Å². The molecule has 2 heterocycles. The van der Waals surface area contributed by atoms with E-state index in [1.165, 1.54) is 11.0 Å². The van der Waals surface area contributed by atoms with Gasteiger partial charge < -0.3 is 4.74 Å². The fourth-order valence-electron chi connectivity index (χ4n) is 4.74. The highest BCUT2D eigenvalue weighted by molar-refractivity contribution is 7.91. The second kappa shape index (κ2) is 9.54. The summed E-state index contributed by atoms with van der Waals surface area (Å²) >= 11 is 0. The van der Waals surface area contributed by atoms with Gasteiger partial charge in [-0.1, -0.05) is 13.0 Å². The predicted molar refractivity (Wildman–Crippen MR) is 135 cm³/mol. The maximum Gasteiger partial charge on any atom is 0.272 e. The van der Waals surface area contributed by atoms with E-state index in [0.717, 1.165) is 0 Å². The van der Waals surface area contributed by atoms with E-state index in [1.807, 2.05) is 6.92 Å². The van der Waals surface area contributed by atoms with E-state index < -0.39 is 33.7 Å². The lowest BCUT2D eigenvalue weighted by atomic mass is 9.81. The zero-order chi connectivity index (χ0) is 24.9. The molecule has 0 aromatic heterocycles. The van der Waals surface area contributed by atoms with Crippen LogP contribution in [0.1, 0.15) is 49.5 Å². The average Bonchev–Trinajstić information content (AvgIpc) is 3.15. The molecule has 1 fully saturated rings. The Balaban J connectivity index is 0.00000342. The van der Waals surface area contributed by atoms with Gasteiger partial charge in [0.25, 0.3) is 6.43 Å². The molecule has 1 atom stereocenters. The molecule has 0 saturated carbocycles. The summed E-state index contributed by atoms with van der Waals surface area (Å²) < 4.78 is 54.0. The largest absolute Gasteiger partial charge is 0.488 e. The normalized spacial score (nSPS) is 22.1. The number of fused-ring (bicyclic) bond motifs is 1. The van der Waals surface area contributed by atoms with E-state index in [0.29, 0.717) is 28.9 Å². The first kappa shape index (κ1) is 27.1. The van der Waals surface area contributed by atoms with Gasteiger partial charge in [0.2, 0.25) is 5.91 Å². The molecule has 10 heteroatoms. The summed E-state index contributed by atoms with van der Waals surface area (Å²) in [6, 6.07) is 11.5. The third kappa shape index (κ3) is 5.38. The third-order valence-electron chi connectivity index (χ3n) is 6.59. The Morgan fingerprint density at radius 1 is 1.14 bits per heavy atom. The van der Waals surface area contributed by atoms with Gasteiger partial charge in [-0.15, -0.1) is 0 Å². The van der Waals surface area contributed by atoms with Crippen LogP contribution in [0, 0.1) is 5.41 Å². The molecule has 1 amide bonds. The van der Waals surface area contributed by atoms with E-state index in [4.69, 9.17) is 4.74 Å². The highest BCUT2D eigenvalue weighted by Gasteiger charge is 2.45. The number of halogens is 2. The molecule has 2 aromatic carbocycles. The van der Waals surface area contributed by atoms with Crippen molar-refractivity contribution in [2.75, 3.05) is 23.0 Å². The zero-order valence-corrected chi connectivity index (χ0v) is 21.6. The molecule has 190 valence electrons. The molecule has 2 aliphatic heterocycles. The van der Waals surface area contributed by atoms with E-state index in [1.54, 1.807) is 50.2 Å². The van der Waals surface area contributed by atoms with Crippen LogP contribution in [0.2, 0.25) is 0 Å². The number of anilines is 2. The summed E-state index contributed by atoms with van der Waals surface area (Å²) in [5, 5.41) is 0. The first-order valence-electron chi connectivity index (χ1n) is 11.1. The number of alkyl halides is 2. The number of carbonyl (C=O) groups excluding carboxylic acids is 2. The van der Waals surface area contributed by atoms with Gasteiger partial charge in [-0.2, -0.15) is 13.5 Å². The van der Waals surface area contributed by atoms with E-state index in [-0.39, 0.29) is 48.9 Å². The van der Waals surface area contributed by atoms with E-state index in [9.17, 15) is 26.8 Å². The lowest BCUT2D eigenvalue weighted by Crippen LogP contribution is -2.33. The molecule has 2 aromatic rings. The topological polar surface area (TPSA) is 80.8 Å². The number of ether oxygens (including phenoxy) is 1. The van der Waals surface area contributed by atoms with Crippen molar-refractivity contribution in [2.45, 2.75) is 45.5 Å². The van der Waals surface area contributed by atoms with E-state index >= 15 is 0 Å². The van der Waals surface area contributed by atoms with Crippen LogP contribution < -0.4 is 9.64 Å². The van der Waals surface area contributed by atoms with Crippen LogP contribution in [0.4, 0.5) is 20.2 Å². The van der Waals surface area contributed by atoms with Crippen molar-refractivity contribution >= 4 is 46.4 Å². The molecule has 0 N–H and O–H groups in total. The molecule has 1 saturated heterocycles. The monoisotopic (exact) mass is 525 g/mol. The number of hydrogen-bond donors (Lipinski definition) is 0. The number of carbonyl (C=O) groups is 2. The lowest BCUT2D eigenvalue weighted by molar-refractivity contribution is -0.121. The van der Waals surface area contributed by atoms with Crippen molar-refractivity contribution in [1.82, 2.24) is 0 Å². The summed E-state index contributed by atoms with van der Waals surface area (Å²) in [7, 11) is -3.12. The molecule has 35 heavy (non-hydrogen) atoms. The summed E-state index contributed by atoms with van der Waals surface area (Å²) in [6.45, 7) is 4.61. The number of Topliss-reactive ketones (excluding diaryl/α,β-unsaturated/α-hetero) is 1. The summed E-state index contributed by atoms with van der Waals surface area (Å²) in [5.74, 6) is -0.0578. The number of rotatable bonds is 7. The lowest BCUT2D eigenvalue weighted by Gasteiger charge is -2.21. The van der Waals surface area contributed by atoms with Crippen LogP contribution in [0.3, 0.4) is 0 Å². The van der Waals surface area contributed by atoms with Gasteiger partial charge in [-0.3, -0.25) is 14.5 Å². The van der Waals surface area contributed by atoms with E-state index in [2.05, 4.69) is 0 Å². The predicted octanol–water partition coefficient (Wildman–Crippen LogP) is 4.80. The molecule has 0 bridgehead atoms. The van der Waals surface area contributed by atoms with Crippen molar-refractivity contribution in [3.63, 3.8) is 0 Å².